The quantitative estimate of drug-likeness (QED) is 0.500. The highest BCUT2D eigenvalue weighted by Crippen LogP contribution is 2.34. The number of urea groups is 1. The van der Waals surface area contributed by atoms with E-state index in [1.165, 1.54) is 16.9 Å². The fourth-order valence-corrected chi connectivity index (χ4v) is 5.99. The van der Waals surface area contributed by atoms with Crippen LogP contribution in [0.1, 0.15) is 68.4 Å². The molecule has 0 radical (unpaired) electrons. The number of hydrogen-bond acceptors (Lipinski definition) is 6. The molecule has 3 heterocycles. The van der Waals surface area contributed by atoms with Crippen LogP contribution in [-0.4, -0.2) is 78.0 Å². The molecular formula is C30H40N4O4S. The molecule has 39 heavy (non-hydrogen) atoms. The van der Waals surface area contributed by atoms with E-state index < -0.39 is 12.0 Å². The maximum atomic E-state index is 13.4. The fraction of sp³-hybridized carbons (Fsp3) is 0.500. The minimum Gasteiger partial charge on any atom is -0.463 e. The monoisotopic (exact) mass is 552 g/mol. The van der Waals surface area contributed by atoms with Gasteiger partial charge in [-0.15, -0.1) is 11.3 Å². The number of amides is 3. The molecule has 4 rings (SSSR count). The summed E-state index contributed by atoms with van der Waals surface area (Å²) >= 11 is 1.45. The van der Waals surface area contributed by atoms with Gasteiger partial charge in [-0.05, 0) is 48.8 Å². The van der Waals surface area contributed by atoms with Crippen molar-refractivity contribution in [1.82, 2.24) is 20.0 Å². The fourth-order valence-electron chi connectivity index (χ4n) is 5.32. The minimum absolute atomic E-state index is 0.00627. The van der Waals surface area contributed by atoms with Crippen LogP contribution in [0.2, 0.25) is 0 Å². The lowest BCUT2D eigenvalue weighted by molar-refractivity contribution is -0.139. The average Bonchev–Trinajstić information content (AvgIpc) is 3.43. The Hall–Kier alpha value is -3.17. The molecule has 0 unspecified atom stereocenters. The molecule has 1 N–H and O–H groups in total. The Balaban J connectivity index is 1.65. The Morgan fingerprint density at radius 2 is 1.82 bits per heavy atom. The number of hydrogen-bond donors (Lipinski definition) is 1. The summed E-state index contributed by atoms with van der Waals surface area (Å²) in [5, 5.41) is 4.97. The van der Waals surface area contributed by atoms with Crippen molar-refractivity contribution >= 4 is 29.2 Å². The van der Waals surface area contributed by atoms with Gasteiger partial charge in [0, 0.05) is 44.5 Å². The molecule has 210 valence electrons. The highest BCUT2D eigenvalue weighted by atomic mass is 32.1. The second-order valence-corrected chi connectivity index (χ2v) is 12.1. The second-order valence-electron chi connectivity index (χ2n) is 11.1. The molecule has 1 aromatic carbocycles. The topological polar surface area (TPSA) is 82.2 Å². The van der Waals surface area contributed by atoms with Crippen molar-refractivity contribution in [3.05, 3.63) is 69.1 Å². The summed E-state index contributed by atoms with van der Waals surface area (Å²) in [6, 6.07) is 11.0. The molecule has 1 saturated heterocycles. The van der Waals surface area contributed by atoms with E-state index in [4.69, 9.17) is 4.74 Å². The van der Waals surface area contributed by atoms with Gasteiger partial charge in [-0.2, -0.15) is 0 Å². The van der Waals surface area contributed by atoms with Crippen molar-refractivity contribution in [1.29, 1.82) is 0 Å². The van der Waals surface area contributed by atoms with Crippen LogP contribution in [0.3, 0.4) is 0 Å². The van der Waals surface area contributed by atoms with Crippen LogP contribution in [0, 0.1) is 0 Å². The van der Waals surface area contributed by atoms with E-state index >= 15 is 0 Å². The van der Waals surface area contributed by atoms with Crippen molar-refractivity contribution in [3.8, 4) is 0 Å². The van der Waals surface area contributed by atoms with E-state index in [2.05, 4.69) is 43.1 Å². The summed E-state index contributed by atoms with van der Waals surface area (Å²) in [7, 11) is 0. The average molecular weight is 553 g/mol. The zero-order chi connectivity index (χ0) is 28.3. The number of likely N-dealkylation sites (N-methyl/N-ethyl adjacent to an activating group) is 1. The summed E-state index contributed by atoms with van der Waals surface area (Å²) < 4.78 is 5.52. The van der Waals surface area contributed by atoms with Gasteiger partial charge in [0.2, 0.25) is 0 Å². The standard InChI is InChI=1S/C30H40N4O4S/c1-7-33-23(19-32-15-16-34(20(3)18-32)27(35)24-10-9-17-39-24)25(28(36)38-8-2)26(31-29(33)37)21-11-13-22(14-12-21)30(4,5)6/h9-14,17,20,26H,7-8,15-16,18-19H2,1-6H3,(H,31,37)/t20-,26-/m0/s1. The first kappa shape index (κ1) is 28.8. The molecule has 0 saturated carbocycles. The van der Waals surface area contributed by atoms with Crippen molar-refractivity contribution in [2.24, 2.45) is 0 Å². The van der Waals surface area contributed by atoms with Crippen LogP contribution in [-0.2, 0) is 14.9 Å². The van der Waals surface area contributed by atoms with Gasteiger partial charge >= 0.3 is 12.0 Å². The van der Waals surface area contributed by atoms with Crippen molar-refractivity contribution in [2.75, 3.05) is 39.3 Å². The van der Waals surface area contributed by atoms with E-state index in [0.29, 0.717) is 44.0 Å². The Morgan fingerprint density at radius 1 is 1.10 bits per heavy atom. The Morgan fingerprint density at radius 3 is 2.38 bits per heavy atom. The van der Waals surface area contributed by atoms with Gasteiger partial charge in [0.05, 0.1) is 23.1 Å². The first-order valence-corrected chi connectivity index (χ1v) is 14.6. The predicted octanol–water partition coefficient (Wildman–Crippen LogP) is 4.80. The summed E-state index contributed by atoms with van der Waals surface area (Å²) in [5.41, 5.74) is 3.13. The van der Waals surface area contributed by atoms with Gasteiger partial charge in [-0.25, -0.2) is 9.59 Å². The third-order valence-corrected chi connectivity index (χ3v) is 8.30. The van der Waals surface area contributed by atoms with Crippen LogP contribution in [0.15, 0.2) is 53.0 Å². The first-order chi connectivity index (χ1) is 18.5. The van der Waals surface area contributed by atoms with Gasteiger partial charge < -0.3 is 15.0 Å². The molecular weight excluding hydrogens is 512 g/mol. The van der Waals surface area contributed by atoms with Crippen LogP contribution in [0.5, 0.6) is 0 Å². The smallest absolute Gasteiger partial charge is 0.338 e. The molecule has 9 heteroatoms. The van der Waals surface area contributed by atoms with Crippen molar-refractivity contribution in [2.45, 2.75) is 59.0 Å². The summed E-state index contributed by atoms with van der Waals surface area (Å²) in [5.74, 6) is -0.370. The third kappa shape index (κ3) is 6.20. The molecule has 2 aliphatic heterocycles. The number of rotatable bonds is 7. The lowest BCUT2D eigenvalue weighted by atomic mass is 9.85. The Kier molecular flexibility index (Phi) is 8.81. The highest BCUT2D eigenvalue weighted by molar-refractivity contribution is 7.12. The summed E-state index contributed by atoms with van der Waals surface area (Å²) in [6.45, 7) is 15.1. The van der Waals surface area contributed by atoms with Gasteiger partial charge in [0.1, 0.15) is 0 Å². The number of esters is 1. The van der Waals surface area contributed by atoms with Crippen LogP contribution in [0.25, 0.3) is 0 Å². The lowest BCUT2D eigenvalue weighted by Gasteiger charge is -2.42. The third-order valence-electron chi connectivity index (χ3n) is 7.44. The second kappa shape index (κ2) is 11.9. The first-order valence-electron chi connectivity index (χ1n) is 13.7. The lowest BCUT2D eigenvalue weighted by Crippen LogP contribution is -2.56. The Labute approximate surface area is 235 Å². The van der Waals surface area contributed by atoms with Crippen LogP contribution < -0.4 is 5.32 Å². The molecule has 2 aromatic rings. The van der Waals surface area contributed by atoms with Gasteiger partial charge in [0.15, 0.2) is 0 Å². The van der Waals surface area contributed by atoms with Gasteiger partial charge in [0.25, 0.3) is 5.91 Å². The van der Waals surface area contributed by atoms with E-state index in [1.54, 1.807) is 11.8 Å². The van der Waals surface area contributed by atoms with E-state index in [0.717, 1.165) is 10.4 Å². The number of ether oxygens (including phenoxy) is 1. The largest absolute Gasteiger partial charge is 0.463 e. The van der Waals surface area contributed by atoms with Crippen molar-refractivity contribution < 1.29 is 19.1 Å². The normalized spacial score (nSPS) is 20.7. The number of thiophene rings is 1. The van der Waals surface area contributed by atoms with Gasteiger partial charge in [-0.3, -0.25) is 14.6 Å². The van der Waals surface area contributed by atoms with Crippen molar-refractivity contribution in [3.63, 3.8) is 0 Å². The minimum atomic E-state index is -0.609. The molecule has 0 bridgehead atoms. The summed E-state index contributed by atoms with van der Waals surface area (Å²) in [6.07, 6.45) is 0. The van der Waals surface area contributed by atoms with E-state index in [1.807, 2.05) is 48.4 Å². The SMILES string of the molecule is CCOC(=O)C1=C(CN2CCN(C(=O)c3cccs3)[C@@H](C)C2)N(CC)C(=O)N[C@H]1c1ccc(C(C)(C)C)cc1. The number of carbonyl (C=O) groups is 3. The number of nitrogens with one attached hydrogen (secondary N) is 1. The van der Waals surface area contributed by atoms with Gasteiger partial charge in [-0.1, -0.05) is 51.1 Å². The molecule has 0 spiro atoms. The van der Waals surface area contributed by atoms with E-state index in [9.17, 15) is 14.4 Å². The van der Waals surface area contributed by atoms with Crippen LogP contribution in [0.4, 0.5) is 4.79 Å². The number of benzene rings is 1. The predicted molar refractivity (Wildman–Crippen MR) is 154 cm³/mol. The zero-order valence-corrected chi connectivity index (χ0v) is 24.6. The molecule has 0 aliphatic carbocycles. The summed E-state index contributed by atoms with van der Waals surface area (Å²) in [4.78, 5) is 46.3. The molecule has 1 fully saturated rings. The maximum Gasteiger partial charge on any atom is 0.338 e. The Bertz CT molecular complexity index is 1220. The molecule has 1 aromatic heterocycles. The number of carbonyl (C=O) groups excluding carboxylic acids is 3. The van der Waals surface area contributed by atoms with Crippen LogP contribution >= 0.6 is 11.3 Å². The maximum absolute atomic E-state index is 13.4. The molecule has 3 amide bonds. The zero-order valence-electron chi connectivity index (χ0n) is 23.8. The van der Waals surface area contributed by atoms with E-state index in [-0.39, 0.29) is 30.0 Å². The molecule has 8 nitrogen and oxygen atoms in total. The molecule has 2 aliphatic rings. The number of nitrogens with zero attached hydrogens (tertiary/aromatic N) is 3. The number of piperazine rings is 1. The highest BCUT2D eigenvalue weighted by Gasteiger charge is 2.39. The molecule has 2 atom stereocenters.